The minimum atomic E-state index is -0.439. The smallest absolute Gasteiger partial charge is 0.340 e. The summed E-state index contributed by atoms with van der Waals surface area (Å²) in [4.78, 5) is 18.4. The van der Waals surface area contributed by atoms with E-state index in [4.69, 9.17) is 10.1 Å². The van der Waals surface area contributed by atoms with Gasteiger partial charge in [0, 0.05) is 43.3 Å². The van der Waals surface area contributed by atoms with Gasteiger partial charge in [-0.15, -0.1) is 0 Å². The van der Waals surface area contributed by atoms with E-state index in [1.807, 2.05) is 6.92 Å². The summed E-state index contributed by atoms with van der Waals surface area (Å²) < 4.78 is 4.80. The van der Waals surface area contributed by atoms with Crippen molar-refractivity contribution in [3.05, 3.63) is 35.4 Å². The van der Waals surface area contributed by atoms with Gasteiger partial charge in [-0.3, -0.25) is 4.98 Å². The first kappa shape index (κ1) is 19.9. The molecule has 0 bridgehead atoms. The average Bonchev–Trinajstić information content (AvgIpc) is 2.66. The van der Waals surface area contributed by atoms with Crippen LogP contribution in [-0.4, -0.2) is 54.4 Å². The van der Waals surface area contributed by atoms with Crippen molar-refractivity contribution in [2.45, 2.75) is 45.7 Å². The largest absolute Gasteiger partial charge is 0.465 e. The van der Waals surface area contributed by atoms with E-state index in [0.717, 1.165) is 31.6 Å². The molecule has 2 heterocycles. The van der Waals surface area contributed by atoms with Crippen LogP contribution >= 0.6 is 0 Å². The van der Waals surface area contributed by atoms with Crippen LogP contribution < -0.4 is 10.6 Å². The zero-order valence-corrected chi connectivity index (χ0v) is 16.0. The molecule has 0 radical (unpaired) electrons. The first-order chi connectivity index (χ1) is 12.5. The Labute approximate surface area is 155 Å². The Bertz CT molecular complexity index is 664. The summed E-state index contributed by atoms with van der Waals surface area (Å²) in [5, 5.41) is 14.4. The second kappa shape index (κ2) is 9.33. The van der Waals surface area contributed by atoms with Crippen LogP contribution in [0.4, 0.5) is 5.69 Å². The lowest BCUT2D eigenvalue weighted by molar-refractivity contribution is 0.0601. The monoisotopic (exact) mass is 359 g/mol. The number of methoxy groups -OCH3 is 1. The molecule has 1 aliphatic heterocycles. The molecule has 0 aromatic carbocycles. The van der Waals surface area contributed by atoms with E-state index < -0.39 is 5.97 Å². The van der Waals surface area contributed by atoms with E-state index in [1.165, 1.54) is 13.3 Å². The molecule has 0 atom stereocenters. The van der Waals surface area contributed by atoms with Crippen LogP contribution in [0.1, 0.15) is 44.0 Å². The van der Waals surface area contributed by atoms with Crippen LogP contribution in [-0.2, 0) is 4.74 Å². The van der Waals surface area contributed by atoms with Crippen LogP contribution in [0.15, 0.2) is 29.9 Å². The number of piperidine rings is 1. The number of hydrogen-bond donors (Lipinski definition) is 3. The number of esters is 1. The number of hydrogen-bond acceptors (Lipinski definition) is 7. The van der Waals surface area contributed by atoms with Gasteiger partial charge in [-0.25, -0.2) is 4.79 Å². The molecular formula is C19H29N5O2. The number of rotatable bonds is 7. The standard InChI is InChI=1S/C19H29N5O2/c1-13(2)24-9-6-15(7-10-24)22-14(3)17(11-20)23-18-12-21-8-5-16(18)19(25)26-4/h5,8,11-13,15,20,22-23H,6-7,9-10H2,1-4H3/b17-14+,20-11?. The molecule has 0 aliphatic carbocycles. The molecule has 0 spiro atoms. The number of carbonyl (C=O) groups excluding carboxylic acids is 1. The zero-order chi connectivity index (χ0) is 19.1. The van der Waals surface area contributed by atoms with Gasteiger partial charge in [0.05, 0.1) is 30.3 Å². The molecule has 0 unspecified atom stereocenters. The molecule has 26 heavy (non-hydrogen) atoms. The molecule has 7 nitrogen and oxygen atoms in total. The predicted octanol–water partition coefficient (Wildman–Crippen LogP) is 2.62. The van der Waals surface area contributed by atoms with Crippen LogP contribution in [0.5, 0.6) is 0 Å². The molecule has 0 amide bonds. The summed E-state index contributed by atoms with van der Waals surface area (Å²) in [6.45, 7) is 8.54. The summed E-state index contributed by atoms with van der Waals surface area (Å²) in [6.07, 6.45) is 6.49. The quantitative estimate of drug-likeness (QED) is 0.512. The molecule has 1 fully saturated rings. The molecule has 2 rings (SSSR count). The van der Waals surface area contributed by atoms with Crippen molar-refractivity contribution in [1.29, 1.82) is 5.41 Å². The molecule has 1 aliphatic rings. The van der Waals surface area contributed by atoms with Crippen molar-refractivity contribution in [2.75, 3.05) is 25.5 Å². The number of likely N-dealkylation sites (tertiary alicyclic amines) is 1. The fourth-order valence-electron chi connectivity index (χ4n) is 3.11. The lowest BCUT2D eigenvalue weighted by atomic mass is 10.0. The highest BCUT2D eigenvalue weighted by molar-refractivity contribution is 5.96. The number of nitrogens with one attached hydrogen (secondary N) is 3. The average molecular weight is 359 g/mol. The Balaban J connectivity index is 2.08. The van der Waals surface area contributed by atoms with Crippen molar-refractivity contribution in [1.82, 2.24) is 15.2 Å². The second-order valence-electron chi connectivity index (χ2n) is 6.77. The third-order valence-electron chi connectivity index (χ3n) is 4.72. The van der Waals surface area contributed by atoms with Gasteiger partial charge in [0.25, 0.3) is 0 Å². The first-order valence-electron chi connectivity index (χ1n) is 8.97. The highest BCUT2D eigenvalue weighted by Crippen LogP contribution is 2.18. The van der Waals surface area contributed by atoms with E-state index in [9.17, 15) is 4.79 Å². The van der Waals surface area contributed by atoms with Crippen molar-refractivity contribution in [3.8, 4) is 0 Å². The highest BCUT2D eigenvalue weighted by Gasteiger charge is 2.21. The van der Waals surface area contributed by atoms with Crippen LogP contribution in [0.2, 0.25) is 0 Å². The van der Waals surface area contributed by atoms with Gasteiger partial charge in [-0.1, -0.05) is 0 Å². The number of ether oxygens (including phenoxy) is 1. The van der Waals surface area contributed by atoms with E-state index in [1.54, 1.807) is 18.5 Å². The molecular weight excluding hydrogens is 330 g/mol. The number of carbonyl (C=O) groups is 1. The van der Waals surface area contributed by atoms with Crippen molar-refractivity contribution in [3.63, 3.8) is 0 Å². The fraction of sp³-hybridized carbons (Fsp3) is 0.526. The molecule has 1 saturated heterocycles. The van der Waals surface area contributed by atoms with Gasteiger partial charge >= 0.3 is 5.97 Å². The van der Waals surface area contributed by atoms with Gasteiger partial charge in [-0.2, -0.15) is 0 Å². The Morgan fingerprint density at radius 3 is 2.69 bits per heavy atom. The number of allylic oxidation sites excluding steroid dienone is 2. The SMILES string of the molecule is COC(=O)c1ccncc1N/C(C=N)=C(\C)NC1CCN(C(C)C)CC1. The fourth-order valence-corrected chi connectivity index (χ4v) is 3.11. The maximum absolute atomic E-state index is 11.9. The Morgan fingerprint density at radius 2 is 2.12 bits per heavy atom. The molecule has 3 N–H and O–H groups in total. The Kier molecular flexibility index (Phi) is 7.15. The second-order valence-corrected chi connectivity index (χ2v) is 6.77. The first-order valence-corrected chi connectivity index (χ1v) is 8.97. The van der Waals surface area contributed by atoms with E-state index in [2.05, 4.69) is 34.4 Å². The predicted molar refractivity (Wildman–Crippen MR) is 104 cm³/mol. The molecule has 1 aromatic rings. The van der Waals surface area contributed by atoms with E-state index in [-0.39, 0.29) is 0 Å². The summed E-state index contributed by atoms with van der Waals surface area (Å²) in [6, 6.07) is 2.56. The van der Waals surface area contributed by atoms with E-state index >= 15 is 0 Å². The van der Waals surface area contributed by atoms with Crippen LogP contribution in [0.3, 0.4) is 0 Å². The maximum atomic E-state index is 11.9. The maximum Gasteiger partial charge on any atom is 0.340 e. The normalized spacial score (nSPS) is 16.8. The Hall–Kier alpha value is -2.41. The zero-order valence-electron chi connectivity index (χ0n) is 16.0. The third-order valence-corrected chi connectivity index (χ3v) is 4.72. The summed E-state index contributed by atoms with van der Waals surface area (Å²) in [5.41, 5.74) is 2.39. The minimum Gasteiger partial charge on any atom is -0.465 e. The summed E-state index contributed by atoms with van der Waals surface area (Å²) in [7, 11) is 1.34. The molecule has 142 valence electrons. The van der Waals surface area contributed by atoms with Crippen molar-refractivity contribution >= 4 is 17.9 Å². The minimum absolute atomic E-state index is 0.385. The van der Waals surface area contributed by atoms with Gasteiger partial charge < -0.3 is 25.7 Å². The van der Waals surface area contributed by atoms with Crippen molar-refractivity contribution in [2.24, 2.45) is 0 Å². The van der Waals surface area contributed by atoms with Crippen molar-refractivity contribution < 1.29 is 9.53 Å². The number of aromatic nitrogens is 1. The third kappa shape index (κ3) is 5.05. The molecule has 7 heteroatoms. The van der Waals surface area contributed by atoms with Gasteiger partial charge in [0.2, 0.25) is 0 Å². The number of anilines is 1. The highest BCUT2D eigenvalue weighted by atomic mass is 16.5. The molecule has 1 aromatic heterocycles. The van der Waals surface area contributed by atoms with Crippen LogP contribution in [0.25, 0.3) is 0 Å². The van der Waals surface area contributed by atoms with Gasteiger partial charge in [0.1, 0.15) is 0 Å². The van der Waals surface area contributed by atoms with E-state index in [0.29, 0.717) is 29.0 Å². The topological polar surface area (TPSA) is 90.3 Å². The summed E-state index contributed by atoms with van der Waals surface area (Å²) >= 11 is 0. The lowest BCUT2D eigenvalue weighted by Crippen LogP contribution is -2.44. The molecule has 0 saturated carbocycles. The van der Waals surface area contributed by atoms with Gasteiger partial charge in [-0.05, 0) is 39.7 Å². The summed E-state index contributed by atoms with van der Waals surface area (Å²) in [5.74, 6) is -0.439. The number of pyridine rings is 1. The lowest BCUT2D eigenvalue weighted by Gasteiger charge is -2.35. The van der Waals surface area contributed by atoms with Gasteiger partial charge in [0.15, 0.2) is 0 Å². The van der Waals surface area contributed by atoms with Crippen LogP contribution in [0, 0.1) is 5.41 Å². The Morgan fingerprint density at radius 1 is 1.42 bits per heavy atom. The number of nitrogens with zero attached hydrogens (tertiary/aromatic N) is 2.